The van der Waals surface area contributed by atoms with Crippen LogP contribution in [0.3, 0.4) is 0 Å². The van der Waals surface area contributed by atoms with Crippen molar-refractivity contribution in [2.45, 2.75) is 61.4 Å². The lowest BCUT2D eigenvalue weighted by Crippen LogP contribution is -2.64. The lowest BCUT2D eigenvalue weighted by Gasteiger charge is -2.45. The van der Waals surface area contributed by atoms with E-state index in [0.29, 0.717) is 0 Å². The molecule has 0 saturated carbocycles. The summed E-state index contributed by atoms with van der Waals surface area (Å²) in [4.78, 5) is 0. The van der Waals surface area contributed by atoms with Crippen LogP contribution in [0.1, 0.15) is 0 Å². The smallest absolute Gasteiger partial charge is 0.394 e. The van der Waals surface area contributed by atoms with E-state index in [1.807, 2.05) is 0 Å². The molecular formula is C12H22O14S. The minimum atomic E-state index is -4.89. The zero-order chi connectivity index (χ0) is 20.5. The van der Waals surface area contributed by atoms with Crippen LogP contribution in [0.15, 0.2) is 0 Å². The van der Waals surface area contributed by atoms with E-state index in [0.717, 1.165) is 0 Å². The van der Waals surface area contributed by atoms with Crippen LogP contribution in [-0.4, -0.2) is 123 Å². The minimum Gasteiger partial charge on any atom is -0.394 e. The third-order valence-electron chi connectivity index (χ3n) is 4.18. The Morgan fingerprint density at radius 1 is 0.815 bits per heavy atom. The zero-order valence-electron chi connectivity index (χ0n) is 13.6. The molecule has 27 heavy (non-hydrogen) atoms. The highest BCUT2D eigenvalue weighted by molar-refractivity contribution is 7.80. The summed E-state index contributed by atoms with van der Waals surface area (Å²) in [5, 5.41) is 68.1. The lowest BCUT2D eigenvalue weighted by molar-refractivity contribution is -0.354. The second kappa shape index (κ2) is 8.87. The van der Waals surface area contributed by atoms with Crippen LogP contribution in [0.2, 0.25) is 0 Å². The number of rotatable bonds is 6. The molecule has 0 aliphatic carbocycles. The summed E-state index contributed by atoms with van der Waals surface area (Å²) in [7, 11) is -4.89. The predicted molar refractivity (Wildman–Crippen MR) is 79.0 cm³/mol. The van der Waals surface area contributed by atoms with Gasteiger partial charge in [-0.3, -0.25) is 4.55 Å². The molecule has 0 amide bonds. The summed E-state index contributed by atoms with van der Waals surface area (Å²) in [6, 6.07) is 0. The summed E-state index contributed by atoms with van der Waals surface area (Å²) in [6.45, 7) is -1.72. The molecule has 10 atom stereocenters. The Morgan fingerprint density at radius 3 is 2.00 bits per heavy atom. The van der Waals surface area contributed by atoms with E-state index >= 15 is 0 Å². The van der Waals surface area contributed by atoms with Gasteiger partial charge >= 0.3 is 10.4 Å². The fourth-order valence-corrected chi connectivity index (χ4v) is 3.02. The molecule has 8 N–H and O–H groups in total. The first-order valence-electron chi connectivity index (χ1n) is 7.73. The topological polar surface area (TPSA) is 233 Å². The van der Waals surface area contributed by atoms with Crippen molar-refractivity contribution in [3.8, 4) is 0 Å². The van der Waals surface area contributed by atoms with Gasteiger partial charge < -0.3 is 50.0 Å². The molecule has 14 nitrogen and oxygen atoms in total. The van der Waals surface area contributed by atoms with Gasteiger partial charge in [-0.15, -0.1) is 0 Å². The molecule has 2 heterocycles. The molecule has 160 valence electrons. The fourth-order valence-electron chi connectivity index (χ4n) is 2.71. The van der Waals surface area contributed by atoms with E-state index < -0.39 is 85.0 Å². The van der Waals surface area contributed by atoms with Gasteiger partial charge in [0.2, 0.25) is 0 Å². The number of ether oxygens (including phenoxy) is 3. The second-order valence-corrected chi connectivity index (χ2v) is 7.15. The maximum Gasteiger partial charge on any atom is 0.397 e. The highest BCUT2D eigenvalue weighted by Crippen LogP contribution is 2.28. The Kier molecular flexibility index (Phi) is 7.47. The van der Waals surface area contributed by atoms with Crippen LogP contribution < -0.4 is 0 Å². The molecule has 2 aliphatic heterocycles. The molecule has 0 aromatic heterocycles. The van der Waals surface area contributed by atoms with Crippen molar-refractivity contribution >= 4 is 10.4 Å². The Bertz CT molecular complexity index is 583. The molecule has 0 bridgehead atoms. The quantitative estimate of drug-likeness (QED) is 0.186. The highest BCUT2D eigenvalue weighted by atomic mass is 32.3. The Balaban J connectivity index is 2.12. The number of aliphatic hydroxyl groups excluding tert-OH is 7. The average Bonchev–Trinajstić information content (AvgIpc) is 2.60. The summed E-state index contributed by atoms with van der Waals surface area (Å²) in [6.07, 6.45) is -17.3. The van der Waals surface area contributed by atoms with E-state index in [9.17, 15) is 44.2 Å². The molecule has 0 spiro atoms. The van der Waals surface area contributed by atoms with E-state index in [-0.39, 0.29) is 0 Å². The van der Waals surface area contributed by atoms with Crippen molar-refractivity contribution in [3.05, 3.63) is 0 Å². The molecule has 2 fully saturated rings. The van der Waals surface area contributed by atoms with Gasteiger partial charge in [-0.05, 0) is 0 Å². The van der Waals surface area contributed by atoms with E-state index in [2.05, 4.69) is 4.18 Å². The third-order valence-corrected chi connectivity index (χ3v) is 4.61. The van der Waals surface area contributed by atoms with Crippen molar-refractivity contribution in [1.82, 2.24) is 0 Å². The zero-order valence-corrected chi connectivity index (χ0v) is 14.4. The van der Waals surface area contributed by atoms with E-state index in [4.69, 9.17) is 18.8 Å². The van der Waals surface area contributed by atoms with Crippen molar-refractivity contribution in [1.29, 1.82) is 0 Å². The molecule has 0 aromatic carbocycles. The molecule has 2 aliphatic rings. The maximum atomic E-state index is 10.6. The second-order valence-electron chi connectivity index (χ2n) is 6.06. The van der Waals surface area contributed by atoms with Crippen molar-refractivity contribution in [3.63, 3.8) is 0 Å². The van der Waals surface area contributed by atoms with Crippen LogP contribution in [0, 0.1) is 0 Å². The first kappa shape index (κ1) is 22.8. The van der Waals surface area contributed by atoms with Gasteiger partial charge in [0.25, 0.3) is 0 Å². The maximum absolute atomic E-state index is 10.6. The first-order chi connectivity index (χ1) is 12.5. The monoisotopic (exact) mass is 422 g/mol. The van der Waals surface area contributed by atoms with Crippen LogP contribution in [0.5, 0.6) is 0 Å². The Morgan fingerprint density at radius 2 is 1.44 bits per heavy atom. The summed E-state index contributed by atoms with van der Waals surface area (Å²) < 4.78 is 49.1. The number of aliphatic hydroxyl groups is 7. The van der Waals surface area contributed by atoms with Gasteiger partial charge in [-0.25, -0.2) is 4.18 Å². The van der Waals surface area contributed by atoms with Gasteiger partial charge in [0.05, 0.1) is 13.2 Å². The van der Waals surface area contributed by atoms with Gasteiger partial charge in [0.1, 0.15) is 48.8 Å². The fraction of sp³-hybridized carbons (Fsp3) is 1.00. The predicted octanol–water partition coefficient (Wildman–Crippen LogP) is -5.57. The average molecular weight is 422 g/mol. The van der Waals surface area contributed by atoms with E-state index in [1.165, 1.54) is 0 Å². The standard InChI is InChI=1S/C12H22O14S/c13-1-3-10(7(16)8(17)11(19)24-3)26-12-9(18)6(15)5(14)4(25-12)2-23-27(20,21)22/h3-19H,1-2H2,(H,20,21,22)/t3-,4-,5-,6+,7-,8-,9-,10-,11-,12+/m1/s1. The van der Waals surface area contributed by atoms with Crippen molar-refractivity contribution in [2.75, 3.05) is 13.2 Å². The molecule has 2 rings (SSSR count). The number of hydrogen-bond acceptors (Lipinski definition) is 13. The van der Waals surface area contributed by atoms with Crippen LogP contribution in [0.25, 0.3) is 0 Å². The Hall–Kier alpha value is -0.530. The van der Waals surface area contributed by atoms with Crippen LogP contribution in [-0.2, 0) is 28.8 Å². The normalized spacial score (nSPS) is 46.4. The summed E-state index contributed by atoms with van der Waals surface area (Å²) in [5.41, 5.74) is 0. The van der Waals surface area contributed by atoms with Crippen molar-refractivity contribution in [2.24, 2.45) is 0 Å². The largest absolute Gasteiger partial charge is 0.397 e. The van der Waals surface area contributed by atoms with Gasteiger partial charge in [0, 0.05) is 0 Å². The molecule has 15 heteroatoms. The molecular weight excluding hydrogens is 400 g/mol. The van der Waals surface area contributed by atoms with Crippen molar-refractivity contribution < 1.29 is 67.1 Å². The molecule has 0 radical (unpaired) electrons. The SMILES string of the molecule is O=S(=O)(O)OC[C@H]1O[C@@H](O[C@H]2[C@H](O)[C@@H](O)[C@H](O)O[C@@H]2CO)[C@H](O)[C@@H](O)[C@@H]1O. The Labute approximate surface area is 153 Å². The van der Waals surface area contributed by atoms with Gasteiger partial charge in [-0.2, -0.15) is 8.42 Å². The van der Waals surface area contributed by atoms with Crippen LogP contribution >= 0.6 is 0 Å². The van der Waals surface area contributed by atoms with Gasteiger partial charge in [-0.1, -0.05) is 0 Å². The molecule has 0 aromatic rings. The summed E-state index contributed by atoms with van der Waals surface area (Å²) in [5.74, 6) is 0. The van der Waals surface area contributed by atoms with Gasteiger partial charge in [0.15, 0.2) is 12.6 Å². The van der Waals surface area contributed by atoms with Crippen LogP contribution in [0.4, 0.5) is 0 Å². The first-order valence-corrected chi connectivity index (χ1v) is 9.10. The van der Waals surface area contributed by atoms with E-state index in [1.54, 1.807) is 0 Å². The summed E-state index contributed by atoms with van der Waals surface area (Å²) >= 11 is 0. The third kappa shape index (κ3) is 5.30. The lowest BCUT2D eigenvalue weighted by atomic mass is 9.97. The minimum absolute atomic E-state index is 0.769. The number of hydrogen-bond donors (Lipinski definition) is 8. The molecule has 2 saturated heterocycles. The molecule has 0 unspecified atom stereocenters. The highest BCUT2D eigenvalue weighted by Gasteiger charge is 2.50.